The van der Waals surface area contributed by atoms with Crippen LogP contribution in [-0.4, -0.2) is 31.8 Å². The molecule has 30 heavy (non-hydrogen) atoms. The second-order valence-corrected chi connectivity index (χ2v) is 7.24. The third-order valence-corrected chi connectivity index (χ3v) is 4.82. The van der Waals surface area contributed by atoms with Crippen LogP contribution >= 0.6 is 0 Å². The summed E-state index contributed by atoms with van der Waals surface area (Å²) in [7, 11) is 0. The van der Waals surface area contributed by atoms with Gasteiger partial charge in [-0.3, -0.25) is 4.79 Å². The first-order chi connectivity index (χ1) is 14.6. The molecule has 1 fully saturated rings. The second kappa shape index (κ2) is 9.00. The Hall–Kier alpha value is -3.32. The van der Waals surface area contributed by atoms with Crippen LogP contribution in [0.15, 0.2) is 57.7 Å². The number of hydrogen-bond acceptors (Lipinski definition) is 6. The van der Waals surface area contributed by atoms with Crippen LogP contribution in [0.5, 0.6) is 11.5 Å². The topological polar surface area (TPSA) is 87.0 Å². The van der Waals surface area contributed by atoms with Crippen molar-refractivity contribution in [3.63, 3.8) is 0 Å². The smallest absolute Gasteiger partial charge is 0.336 e. The van der Waals surface area contributed by atoms with Gasteiger partial charge in [0.1, 0.15) is 23.7 Å². The van der Waals surface area contributed by atoms with Crippen molar-refractivity contribution in [1.82, 2.24) is 0 Å². The van der Waals surface area contributed by atoms with Crippen molar-refractivity contribution < 1.29 is 23.4 Å². The minimum atomic E-state index is -0.438. The zero-order valence-corrected chi connectivity index (χ0v) is 16.7. The monoisotopic (exact) mass is 409 g/mol. The van der Waals surface area contributed by atoms with E-state index in [1.54, 1.807) is 24.3 Å². The van der Waals surface area contributed by atoms with Gasteiger partial charge in [-0.1, -0.05) is 6.07 Å². The maximum Gasteiger partial charge on any atom is 0.336 e. The average molecular weight is 409 g/mol. The van der Waals surface area contributed by atoms with Gasteiger partial charge in [0.05, 0.1) is 11.8 Å². The van der Waals surface area contributed by atoms with Crippen LogP contribution in [0.25, 0.3) is 11.0 Å². The van der Waals surface area contributed by atoms with Gasteiger partial charge in [-0.25, -0.2) is 4.79 Å². The van der Waals surface area contributed by atoms with E-state index in [4.69, 9.17) is 18.6 Å². The van der Waals surface area contributed by atoms with Crippen molar-refractivity contribution in [3.8, 4) is 11.5 Å². The summed E-state index contributed by atoms with van der Waals surface area (Å²) in [5.41, 5.74) is 1.58. The van der Waals surface area contributed by atoms with Crippen LogP contribution in [0.3, 0.4) is 0 Å². The van der Waals surface area contributed by atoms with Crippen molar-refractivity contribution >= 4 is 22.6 Å². The minimum Gasteiger partial charge on any atom is -0.489 e. The van der Waals surface area contributed by atoms with Crippen LogP contribution in [0.1, 0.15) is 18.4 Å². The Bertz CT molecular complexity index is 1100. The average Bonchev–Trinajstić information content (AvgIpc) is 3.25. The molecule has 1 aromatic heterocycles. The van der Waals surface area contributed by atoms with E-state index in [0.717, 1.165) is 30.4 Å². The van der Waals surface area contributed by atoms with Gasteiger partial charge in [0.25, 0.3) is 5.91 Å². The van der Waals surface area contributed by atoms with Crippen LogP contribution in [-0.2, 0) is 9.53 Å². The molecule has 0 bridgehead atoms. The molecule has 1 unspecified atom stereocenters. The lowest BCUT2D eigenvalue weighted by molar-refractivity contribution is -0.118. The van der Waals surface area contributed by atoms with E-state index in [1.165, 1.54) is 6.07 Å². The number of benzene rings is 2. The van der Waals surface area contributed by atoms with E-state index in [2.05, 4.69) is 5.32 Å². The fourth-order valence-corrected chi connectivity index (χ4v) is 3.28. The summed E-state index contributed by atoms with van der Waals surface area (Å²) in [6, 6.07) is 13.7. The minimum absolute atomic E-state index is 0.0883. The summed E-state index contributed by atoms with van der Waals surface area (Å²) in [6.45, 7) is 2.99. The Labute approximate surface area is 173 Å². The molecule has 1 saturated heterocycles. The maximum absolute atomic E-state index is 12.4. The summed E-state index contributed by atoms with van der Waals surface area (Å²) >= 11 is 0. The highest BCUT2D eigenvalue weighted by molar-refractivity contribution is 5.93. The number of aryl methyl sites for hydroxylation is 1. The number of anilines is 1. The third kappa shape index (κ3) is 4.99. The number of carbonyl (C=O) groups excluding carboxylic acids is 1. The van der Waals surface area contributed by atoms with E-state index in [1.807, 2.05) is 25.1 Å². The molecule has 1 N–H and O–H groups in total. The molecule has 1 aliphatic rings. The van der Waals surface area contributed by atoms with Gasteiger partial charge in [-0.2, -0.15) is 0 Å². The quantitative estimate of drug-likeness (QED) is 0.599. The molecule has 7 heteroatoms. The van der Waals surface area contributed by atoms with Gasteiger partial charge in [-0.15, -0.1) is 0 Å². The molecule has 2 heterocycles. The summed E-state index contributed by atoms with van der Waals surface area (Å²) in [5.74, 6) is 0.715. The molecule has 0 aliphatic carbocycles. The van der Waals surface area contributed by atoms with Gasteiger partial charge < -0.3 is 23.9 Å². The maximum atomic E-state index is 12.4. The molecule has 7 nitrogen and oxygen atoms in total. The van der Waals surface area contributed by atoms with Crippen LogP contribution < -0.4 is 20.4 Å². The lowest BCUT2D eigenvalue weighted by atomic mass is 10.2. The standard InChI is InChI=1S/C23H23NO6/c1-15-4-8-19(21(11-15)29-13-18-3-2-10-27-18)24-22(25)14-28-17-7-5-16-6-9-23(26)30-20(16)12-17/h4-9,11-12,18H,2-3,10,13-14H2,1H3,(H,24,25). The van der Waals surface area contributed by atoms with E-state index < -0.39 is 5.63 Å². The number of hydrogen-bond donors (Lipinski definition) is 1. The summed E-state index contributed by atoms with van der Waals surface area (Å²) in [4.78, 5) is 23.8. The van der Waals surface area contributed by atoms with Gasteiger partial charge in [-0.05, 0) is 55.7 Å². The molecule has 1 atom stereocenters. The molecule has 2 aromatic carbocycles. The number of carbonyl (C=O) groups is 1. The fourth-order valence-electron chi connectivity index (χ4n) is 3.28. The molecular weight excluding hydrogens is 386 g/mol. The zero-order valence-electron chi connectivity index (χ0n) is 16.7. The molecular formula is C23H23NO6. The molecule has 4 rings (SSSR count). The molecule has 156 valence electrons. The molecule has 1 amide bonds. The first-order valence-corrected chi connectivity index (χ1v) is 9.88. The number of ether oxygens (including phenoxy) is 3. The van der Waals surface area contributed by atoms with Crippen molar-refractivity contribution in [2.24, 2.45) is 0 Å². The SMILES string of the molecule is Cc1ccc(NC(=O)COc2ccc3ccc(=O)oc3c2)c(OCC2CCCO2)c1. The Balaban J connectivity index is 1.38. The summed E-state index contributed by atoms with van der Waals surface area (Å²) in [6.07, 6.45) is 2.11. The number of nitrogens with one attached hydrogen (secondary N) is 1. The fraction of sp³-hybridized carbons (Fsp3) is 0.304. The first-order valence-electron chi connectivity index (χ1n) is 9.88. The van der Waals surface area contributed by atoms with Crippen molar-refractivity contribution in [2.45, 2.75) is 25.9 Å². The Morgan fingerprint density at radius 1 is 1.13 bits per heavy atom. The highest BCUT2D eigenvalue weighted by Gasteiger charge is 2.17. The molecule has 0 saturated carbocycles. The lowest BCUT2D eigenvalue weighted by Gasteiger charge is -2.16. The Morgan fingerprint density at radius 2 is 2.00 bits per heavy atom. The van der Waals surface area contributed by atoms with Gasteiger partial charge in [0.15, 0.2) is 6.61 Å². The Morgan fingerprint density at radius 3 is 2.83 bits per heavy atom. The van der Waals surface area contributed by atoms with Gasteiger partial charge in [0.2, 0.25) is 0 Å². The summed E-state index contributed by atoms with van der Waals surface area (Å²) in [5, 5.41) is 3.60. The van der Waals surface area contributed by atoms with Crippen molar-refractivity contribution in [2.75, 3.05) is 25.1 Å². The van der Waals surface area contributed by atoms with E-state index >= 15 is 0 Å². The number of fused-ring (bicyclic) bond motifs is 1. The van der Waals surface area contributed by atoms with E-state index in [0.29, 0.717) is 29.4 Å². The molecule has 0 spiro atoms. The highest BCUT2D eigenvalue weighted by atomic mass is 16.5. The highest BCUT2D eigenvalue weighted by Crippen LogP contribution is 2.27. The largest absolute Gasteiger partial charge is 0.489 e. The number of rotatable bonds is 7. The second-order valence-electron chi connectivity index (χ2n) is 7.24. The zero-order chi connectivity index (χ0) is 20.9. The van der Waals surface area contributed by atoms with Gasteiger partial charge in [0, 0.05) is 24.1 Å². The molecule has 0 radical (unpaired) electrons. The van der Waals surface area contributed by atoms with Crippen LogP contribution in [0.2, 0.25) is 0 Å². The van der Waals surface area contributed by atoms with E-state index in [-0.39, 0.29) is 18.6 Å². The van der Waals surface area contributed by atoms with Gasteiger partial charge >= 0.3 is 5.63 Å². The first kappa shape index (κ1) is 20.0. The predicted octanol–water partition coefficient (Wildman–Crippen LogP) is 3.68. The van der Waals surface area contributed by atoms with Crippen LogP contribution in [0.4, 0.5) is 5.69 Å². The van der Waals surface area contributed by atoms with Crippen LogP contribution in [0, 0.1) is 6.92 Å². The van der Waals surface area contributed by atoms with Crippen molar-refractivity contribution in [3.05, 3.63) is 64.5 Å². The van der Waals surface area contributed by atoms with E-state index in [9.17, 15) is 9.59 Å². The number of amides is 1. The van der Waals surface area contributed by atoms with Crippen molar-refractivity contribution in [1.29, 1.82) is 0 Å². The lowest BCUT2D eigenvalue weighted by Crippen LogP contribution is -2.21. The third-order valence-electron chi connectivity index (χ3n) is 4.82. The summed E-state index contributed by atoms with van der Waals surface area (Å²) < 4.78 is 22.2. The molecule has 1 aliphatic heterocycles. The normalized spacial score (nSPS) is 15.8. The Kier molecular flexibility index (Phi) is 5.99. The predicted molar refractivity (Wildman–Crippen MR) is 112 cm³/mol. The molecule has 3 aromatic rings.